The Morgan fingerprint density at radius 3 is 2.52 bits per heavy atom. The quantitative estimate of drug-likeness (QED) is 0.434. The first-order valence-corrected chi connectivity index (χ1v) is 10.7. The Hall–Kier alpha value is -4.01. The molecule has 172 valence electrons. The number of hydrogen-bond acceptors (Lipinski definition) is 5. The zero-order chi connectivity index (χ0) is 23.4. The van der Waals surface area contributed by atoms with Gasteiger partial charge in [-0.2, -0.15) is 0 Å². The van der Waals surface area contributed by atoms with Gasteiger partial charge in [-0.1, -0.05) is 0 Å². The Morgan fingerprint density at radius 2 is 1.79 bits per heavy atom. The van der Waals surface area contributed by atoms with Crippen molar-refractivity contribution in [3.63, 3.8) is 0 Å². The molecule has 2 heterocycles. The third kappa shape index (κ3) is 4.77. The number of carbonyl (C=O) groups is 3. The molecular formula is C24H26N4O5. The second-order valence-electron chi connectivity index (χ2n) is 7.74. The molecule has 0 aliphatic carbocycles. The monoisotopic (exact) mass is 450 g/mol. The molecule has 1 aliphatic heterocycles. The van der Waals surface area contributed by atoms with Crippen LogP contribution in [0.4, 0.5) is 10.5 Å². The molecule has 1 fully saturated rings. The number of anilines is 1. The third-order valence-corrected chi connectivity index (χ3v) is 5.70. The summed E-state index contributed by atoms with van der Waals surface area (Å²) >= 11 is 0. The van der Waals surface area contributed by atoms with Gasteiger partial charge in [0.2, 0.25) is 5.91 Å². The van der Waals surface area contributed by atoms with E-state index in [2.05, 4.69) is 15.6 Å². The highest BCUT2D eigenvalue weighted by Crippen LogP contribution is 2.25. The summed E-state index contributed by atoms with van der Waals surface area (Å²) in [4.78, 5) is 41.6. The summed E-state index contributed by atoms with van der Waals surface area (Å²) < 4.78 is 10.4. The predicted molar refractivity (Wildman–Crippen MR) is 124 cm³/mol. The summed E-state index contributed by atoms with van der Waals surface area (Å²) in [6, 6.07) is 11.2. The number of nitrogens with one attached hydrogen (secondary N) is 3. The van der Waals surface area contributed by atoms with Crippen LogP contribution in [0.25, 0.3) is 10.9 Å². The molecule has 4 amide bonds. The highest BCUT2D eigenvalue weighted by atomic mass is 16.5. The number of urea groups is 1. The van der Waals surface area contributed by atoms with Gasteiger partial charge in [0.05, 0.1) is 19.9 Å². The van der Waals surface area contributed by atoms with Crippen LogP contribution in [0.1, 0.15) is 18.4 Å². The minimum Gasteiger partial charge on any atom is -0.497 e. The molecular weight excluding hydrogens is 424 g/mol. The van der Waals surface area contributed by atoms with E-state index in [9.17, 15) is 14.4 Å². The number of nitrogens with zero attached hydrogens (tertiary/aromatic N) is 1. The van der Waals surface area contributed by atoms with Gasteiger partial charge in [-0.3, -0.25) is 9.59 Å². The Labute approximate surface area is 191 Å². The van der Waals surface area contributed by atoms with Crippen molar-refractivity contribution >= 4 is 34.4 Å². The van der Waals surface area contributed by atoms with Gasteiger partial charge in [0.15, 0.2) is 0 Å². The number of aromatic nitrogens is 1. The lowest BCUT2D eigenvalue weighted by Crippen LogP contribution is -2.33. The smallest absolute Gasteiger partial charge is 0.329 e. The molecule has 0 saturated carbocycles. The number of methoxy groups -OCH3 is 2. The molecule has 0 radical (unpaired) electrons. The average Bonchev–Trinajstić information content (AvgIpc) is 3.36. The molecule has 1 aliphatic rings. The Morgan fingerprint density at radius 1 is 1.06 bits per heavy atom. The molecule has 33 heavy (non-hydrogen) atoms. The van der Waals surface area contributed by atoms with E-state index in [1.165, 1.54) is 0 Å². The lowest BCUT2D eigenvalue weighted by molar-refractivity contribution is -0.121. The topological polar surface area (TPSA) is 113 Å². The summed E-state index contributed by atoms with van der Waals surface area (Å²) in [6.45, 7) is 0.464. The fraction of sp³-hybridized carbons (Fsp3) is 0.292. The molecule has 2 aromatic carbocycles. The van der Waals surface area contributed by atoms with Gasteiger partial charge in [0.1, 0.15) is 17.5 Å². The number of benzene rings is 2. The Bertz CT molecular complexity index is 1170. The largest absolute Gasteiger partial charge is 0.497 e. The average molecular weight is 450 g/mol. The zero-order valence-electron chi connectivity index (χ0n) is 18.5. The van der Waals surface area contributed by atoms with Crippen LogP contribution < -0.4 is 25.0 Å². The summed E-state index contributed by atoms with van der Waals surface area (Å²) in [5.41, 5.74) is 2.55. The van der Waals surface area contributed by atoms with Crippen molar-refractivity contribution in [2.75, 3.05) is 25.7 Å². The fourth-order valence-electron chi connectivity index (χ4n) is 3.89. The van der Waals surface area contributed by atoms with Gasteiger partial charge < -0.3 is 25.1 Å². The van der Waals surface area contributed by atoms with Crippen molar-refractivity contribution in [1.82, 2.24) is 15.6 Å². The van der Waals surface area contributed by atoms with Crippen LogP contribution in [0, 0.1) is 0 Å². The van der Waals surface area contributed by atoms with Crippen molar-refractivity contribution in [2.45, 2.75) is 25.3 Å². The van der Waals surface area contributed by atoms with Gasteiger partial charge in [-0.05, 0) is 60.9 Å². The lowest BCUT2D eigenvalue weighted by atomic mass is 10.1. The summed E-state index contributed by atoms with van der Waals surface area (Å²) in [6.07, 6.45) is 2.95. The van der Waals surface area contributed by atoms with Crippen LogP contribution in [0.15, 0.2) is 48.7 Å². The van der Waals surface area contributed by atoms with E-state index in [1.54, 1.807) is 38.5 Å². The number of rotatable bonds is 9. The summed E-state index contributed by atoms with van der Waals surface area (Å²) in [7, 11) is 3.17. The summed E-state index contributed by atoms with van der Waals surface area (Å²) in [5, 5.41) is 6.60. The highest BCUT2D eigenvalue weighted by molar-refractivity contribution is 6.21. The van der Waals surface area contributed by atoms with Gasteiger partial charge in [0, 0.05) is 30.1 Å². The molecule has 0 spiro atoms. The highest BCUT2D eigenvalue weighted by Gasteiger charge is 2.38. The van der Waals surface area contributed by atoms with E-state index < -0.39 is 12.1 Å². The van der Waals surface area contributed by atoms with E-state index >= 15 is 0 Å². The molecule has 1 saturated heterocycles. The number of ether oxygens (including phenoxy) is 2. The second-order valence-corrected chi connectivity index (χ2v) is 7.74. The van der Waals surface area contributed by atoms with Crippen molar-refractivity contribution < 1.29 is 23.9 Å². The van der Waals surface area contributed by atoms with Crippen LogP contribution >= 0.6 is 0 Å². The normalized spacial score (nSPS) is 15.6. The molecule has 9 nitrogen and oxygen atoms in total. The maximum Gasteiger partial charge on any atom is 0.329 e. The first-order valence-electron chi connectivity index (χ1n) is 10.7. The molecule has 1 atom stereocenters. The number of carbonyl (C=O) groups excluding carboxylic acids is 3. The van der Waals surface area contributed by atoms with Crippen LogP contribution in [0.5, 0.6) is 11.5 Å². The zero-order valence-corrected chi connectivity index (χ0v) is 18.5. The van der Waals surface area contributed by atoms with E-state index in [0.29, 0.717) is 24.4 Å². The standard InChI is InChI=1S/C24H26N4O5/c1-32-17-5-3-16(4-6-17)28-23(30)21(27-24(28)31)9-10-22(29)25-12-11-15-14-26-20-8-7-18(33-2)13-19(15)20/h3-8,13-14,21,26H,9-12H2,1-2H3,(H,25,29)(H,27,31)/t21-/m0/s1. The molecule has 0 bridgehead atoms. The Balaban J connectivity index is 1.27. The SMILES string of the molecule is COc1ccc(N2C(=O)N[C@@H](CCC(=O)NCCc3c[nH]c4ccc(OC)cc34)C2=O)cc1. The number of fused-ring (bicyclic) bond motifs is 1. The van der Waals surface area contributed by atoms with Gasteiger partial charge in [0.25, 0.3) is 5.91 Å². The van der Waals surface area contributed by atoms with Crippen molar-refractivity contribution in [3.05, 3.63) is 54.2 Å². The third-order valence-electron chi connectivity index (χ3n) is 5.70. The minimum absolute atomic E-state index is 0.134. The molecule has 3 N–H and O–H groups in total. The van der Waals surface area contributed by atoms with Crippen LogP contribution in [0.3, 0.4) is 0 Å². The van der Waals surface area contributed by atoms with Crippen LogP contribution in [-0.2, 0) is 16.0 Å². The van der Waals surface area contributed by atoms with Gasteiger partial charge in [-0.15, -0.1) is 0 Å². The lowest BCUT2D eigenvalue weighted by Gasteiger charge is -2.13. The van der Waals surface area contributed by atoms with Crippen LogP contribution in [-0.4, -0.2) is 49.6 Å². The summed E-state index contributed by atoms with van der Waals surface area (Å²) in [5.74, 6) is 0.869. The number of hydrogen-bond donors (Lipinski definition) is 3. The van der Waals surface area contributed by atoms with Gasteiger partial charge in [-0.25, -0.2) is 9.69 Å². The molecule has 9 heteroatoms. The van der Waals surface area contributed by atoms with E-state index in [0.717, 1.165) is 27.1 Å². The van der Waals surface area contributed by atoms with Crippen molar-refractivity contribution in [1.29, 1.82) is 0 Å². The number of amides is 4. The number of H-pyrrole nitrogens is 1. The molecule has 4 rings (SSSR count). The van der Waals surface area contributed by atoms with Gasteiger partial charge >= 0.3 is 6.03 Å². The van der Waals surface area contributed by atoms with Crippen LogP contribution in [0.2, 0.25) is 0 Å². The first-order chi connectivity index (χ1) is 16.0. The first kappa shape index (κ1) is 22.2. The van der Waals surface area contributed by atoms with E-state index in [-0.39, 0.29) is 24.7 Å². The van der Waals surface area contributed by atoms with E-state index in [1.807, 2.05) is 24.4 Å². The van der Waals surface area contributed by atoms with Crippen molar-refractivity contribution in [3.8, 4) is 11.5 Å². The predicted octanol–water partition coefficient (Wildman–Crippen LogP) is 2.75. The molecule has 1 aromatic heterocycles. The van der Waals surface area contributed by atoms with Crippen molar-refractivity contribution in [2.24, 2.45) is 0 Å². The maximum atomic E-state index is 12.7. The number of aromatic amines is 1. The second kappa shape index (κ2) is 9.64. The molecule has 0 unspecified atom stereocenters. The Kier molecular flexibility index (Phi) is 6.48. The number of imide groups is 1. The fourth-order valence-corrected chi connectivity index (χ4v) is 3.89. The maximum absolute atomic E-state index is 12.7. The minimum atomic E-state index is -0.730. The molecule has 3 aromatic rings. The van der Waals surface area contributed by atoms with E-state index in [4.69, 9.17) is 9.47 Å².